The minimum Gasteiger partial charge on any atom is -0.397 e. The van der Waals surface area contributed by atoms with E-state index in [1.54, 1.807) is 0 Å². The molecule has 4 nitrogen and oxygen atoms in total. The number of fused-ring (bicyclic) bond motifs is 1. The van der Waals surface area contributed by atoms with Crippen molar-refractivity contribution >= 4 is 54.8 Å². The number of nitrogens with one attached hydrogen (secondary N) is 2. The maximum atomic E-state index is 12.5. The Labute approximate surface area is 140 Å². The zero-order valence-electron chi connectivity index (χ0n) is 12.2. The molecule has 6 heteroatoms. The number of nitrogen functional groups attached to an aromatic ring is 1. The predicted octanol–water partition coefficient (Wildman–Crippen LogP) is 3.93. The largest absolute Gasteiger partial charge is 0.397 e. The number of aromatic nitrogens is 1. The van der Waals surface area contributed by atoms with Crippen molar-refractivity contribution in [2.75, 3.05) is 11.1 Å². The zero-order valence-corrected chi connectivity index (χ0v) is 14.6. The van der Waals surface area contributed by atoms with Crippen LogP contribution in [0.15, 0.2) is 34.8 Å². The van der Waals surface area contributed by atoms with E-state index in [-0.39, 0.29) is 5.91 Å². The highest BCUT2D eigenvalue weighted by Crippen LogP contribution is 2.34. The first-order valence-corrected chi connectivity index (χ1v) is 8.35. The number of amides is 1. The average Bonchev–Trinajstić information content (AvgIpc) is 2.78. The van der Waals surface area contributed by atoms with E-state index in [1.165, 1.54) is 11.3 Å². The Balaban J connectivity index is 2.03. The van der Waals surface area contributed by atoms with Crippen LogP contribution in [0.25, 0.3) is 10.2 Å². The number of nitrogens with two attached hydrogens (primary N) is 1. The molecule has 3 rings (SSSR count). The second kappa shape index (κ2) is 5.70. The van der Waals surface area contributed by atoms with Gasteiger partial charge in [-0.05, 0) is 40.5 Å². The summed E-state index contributed by atoms with van der Waals surface area (Å²) in [5, 5.41) is 3.82. The molecule has 0 bridgehead atoms. The molecule has 1 amide bonds. The molecule has 22 heavy (non-hydrogen) atoms. The van der Waals surface area contributed by atoms with Gasteiger partial charge in [0.1, 0.15) is 4.88 Å². The van der Waals surface area contributed by atoms with E-state index in [2.05, 4.69) is 26.2 Å². The number of carbonyl (C=O) groups is 1. The molecule has 112 valence electrons. The fourth-order valence-electron chi connectivity index (χ4n) is 2.45. The maximum absolute atomic E-state index is 12.5. The fraction of sp³-hybridized carbons (Fsp3) is 0.125. The summed E-state index contributed by atoms with van der Waals surface area (Å²) in [6.07, 6.45) is 0. The highest BCUT2D eigenvalue weighted by molar-refractivity contribution is 9.10. The molecule has 0 fully saturated rings. The average molecular weight is 377 g/mol. The van der Waals surface area contributed by atoms with Gasteiger partial charge in [-0.3, -0.25) is 4.79 Å². The second-order valence-electron chi connectivity index (χ2n) is 5.12. The molecule has 0 atom stereocenters. The molecule has 0 radical (unpaired) electrons. The Morgan fingerprint density at radius 1 is 1.32 bits per heavy atom. The summed E-state index contributed by atoms with van der Waals surface area (Å²) in [5.41, 5.74) is 9.56. The number of anilines is 2. The third-order valence-electron chi connectivity index (χ3n) is 3.41. The zero-order chi connectivity index (χ0) is 15.9. The molecule has 3 aromatic rings. The van der Waals surface area contributed by atoms with Gasteiger partial charge in [0.05, 0.1) is 16.8 Å². The van der Waals surface area contributed by atoms with Gasteiger partial charge in [-0.15, -0.1) is 0 Å². The molecule has 0 aliphatic heterocycles. The number of aryl methyl sites for hydroxylation is 2. The molecular formula is C16H15BrN3OS+. The summed E-state index contributed by atoms with van der Waals surface area (Å²) in [7, 11) is 0. The van der Waals surface area contributed by atoms with Gasteiger partial charge < -0.3 is 11.1 Å². The number of hydrogen-bond donors (Lipinski definition) is 2. The topological polar surface area (TPSA) is 69.3 Å². The van der Waals surface area contributed by atoms with Gasteiger partial charge in [-0.25, -0.2) is 0 Å². The first-order chi connectivity index (χ1) is 10.5. The van der Waals surface area contributed by atoms with Crippen LogP contribution in [0, 0.1) is 13.8 Å². The predicted molar refractivity (Wildman–Crippen MR) is 94.4 cm³/mol. The number of aromatic amines is 1. The lowest BCUT2D eigenvalue weighted by atomic mass is 10.1. The lowest BCUT2D eigenvalue weighted by Crippen LogP contribution is -2.12. The quantitative estimate of drug-likeness (QED) is 0.711. The summed E-state index contributed by atoms with van der Waals surface area (Å²) in [5.74, 6) is -0.198. The second-order valence-corrected chi connectivity index (χ2v) is 6.99. The van der Waals surface area contributed by atoms with Gasteiger partial charge in [0.2, 0.25) is 0 Å². The third-order valence-corrected chi connectivity index (χ3v) is 5.22. The van der Waals surface area contributed by atoms with Crippen LogP contribution in [-0.2, 0) is 0 Å². The summed E-state index contributed by atoms with van der Waals surface area (Å²) in [4.78, 5) is 17.3. The Morgan fingerprint density at radius 2 is 2.05 bits per heavy atom. The summed E-state index contributed by atoms with van der Waals surface area (Å²) >= 11 is 4.80. The highest BCUT2D eigenvalue weighted by Gasteiger charge is 2.22. The molecule has 4 N–H and O–H groups in total. The van der Waals surface area contributed by atoms with E-state index in [0.717, 1.165) is 31.6 Å². The van der Waals surface area contributed by atoms with Crippen LogP contribution in [0.1, 0.15) is 20.9 Å². The number of H-pyrrole nitrogens is 1. The van der Waals surface area contributed by atoms with Crippen LogP contribution in [0.4, 0.5) is 11.4 Å². The molecule has 0 saturated carbocycles. The van der Waals surface area contributed by atoms with Crippen LogP contribution >= 0.6 is 27.3 Å². The summed E-state index contributed by atoms with van der Waals surface area (Å²) in [6, 6.07) is 9.52. The Bertz CT molecular complexity index is 888. The maximum Gasteiger partial charge on any atom is 0.270 e. The van der Waals surface area contributed by atoms with Crippen LogP contribution < -0.4 is 16.0 Å². The lowest BCUT2D eigenvalue weighted by molar-refractivity contribution is -0.351. The number of para-hydroxylation sites is 1. The van der Waals surface area contributed by atoms with Gasteiger partial charge in [0.15, 0.2) is 5.69 Å². The van der Waals surface area contributed by atoms with Gasteiger partial charge in [-0.2, -0.15) is 4.98 Å². The fourth-order valence-corrected chi connectivity index (χ4v) is 3.97. The monoisotopic (exact) mass is 376 g/mol. The standard InChI is InChI=1S/C16H14BrN3OS/c1-8-7-9(2)19-16-12(8)13(18)14(22-16)15(21)20-11-6-4-3-5-10(11)17/h3-7H,18H2,1-2H3,(H,20,21)/p+1. The van der Waals surface area contributed by atoms with Gasteiger partial charge in [0.25, 0.3) is 10.7 Å². The van der Waals surface area contributed by atoms with Crippen LogP contribution in [0.3, 0.4) is 0 Å². The number of hydrogen-bond acceptors (Lipinski definition) is 3. The lowest BCUT2D eigenvalue weighted by Gasteiger charge is -2.06. The molecule has 0 aliphatic carbocycles. The van der Waals surface area contributed by atoms with Crippen LogP contribution in [0.2, 0.25) is 0 Å². The van der Waals surface area contributed by atoms with Crippen molar-refractivity contribution in [1.29, 1.82) is 0 Å². The Kier molecular flexibility index (Phi) is 3.88. The summed E-state index contributed by atoms with van der Waals surface area (Å²) in [6.45, 7) is 3.99. The van der Waals surface area contributed by atoms with Crippen molar-refractivity contribution < 1.29 is 9.78 Å². The normalized spacial score (nSPS) is 10.9. The van der Waals surface area contributed by atoms with E-state index in [4.69, 9.17) is 5.73 Å². The number of pyridine rings is 1. The third kappa shape index (κ3) is 2.60. The van der Waals surface area contributed by atoms with Gasteiger partial charge in [-0.1, -0.05) is 23.5 Å². The van der Waals surface area contributed by atoms with Crippen molar-refractivity contribution in [2.24, 2.45) is 0 Å². The highest BCUT2D eigenvalue weighted by atomic mass is 79.9. The van der Waals surface area contributed by atoms with Crippen molar-refractivity contribution in [3.05, 3.63) is 50.9 Å². The first kappa shape index (κ1) is 15.0. The SMILES string of the molecule is Cc1cc(C)c2c(N)c(C(=O)Nc3ccccc3Br)sc2[nH+]1. The van der Waals surface area contributed by atoms with E-state index in [0.29, 0.717) is 10.6 Å². The van der Waals surface area contributed by atoms with E-state index < -0.39 is 0 Å². The van der Waals surface area contributed by atoms with Crippen molar-refractivity contribution in [3.63, 3.8) is 0 Å². The molecule has 2 aromatic heterocycles. The molecule has 0 spiro atoms. The number of benzene rings is 1. The molecule has 2 heterocycles. The molecular weight excluding hydrogens is 362 g/mol. The number of rotatable bonds is 2. The number of thiophene rings is 1. The molecule has 1 aromatic carbocycles. The smallest absolute Gasteiger partial charge is 0.270 e. The first-order valence-electron chi connectivity index (χ1n) is 6.74. The van der Waals surface area contributed by atoms with Crippen molar-refractivity contribution in [3.8, 4) is 0 Å². The van der Waals surface area contributed by atoms with Crippen LogP contribution in [0.5, 0.6) is 0 Å². The van der Waals surface area contributed by atoms with Gasteiger partial charge in [0, 0.05) is 17.5 Å². The van der Waals surface area contributed by atoms with Gasteiger partial charge >= 0.3 is 0 Å². The van der Waals surface area contributed by atoms with E-state index in [9.17, 15) is 4.79 Å². The van der Waals surface area contributed by atoms with Crippen molar-refractivity contribution in [2.45, 2.75) is 13.8 Å². The Hall–Kier alpha value is -1.92. The summed E-state index contributed by atoms with van der Waals surface area (Å²) < 4.78 is 0.835. The molecule has 0 unspecified atom stereocenters. The molecule has 0 aliphatic rings. The van der Waals surface area contributed by atoms with E-state index >= 15 is 0 Å². The van der Waals surface area contributed by atoms with E-state index in [1.807, 2.05) is 44.2 Å². The minimum absolute atomic E-state index is 0.198. The molecule has 0 saturated heterocycles. The number of halogens is 1. The minimum atomic E-state index is -0.198. The Morgan fingerprint density at radius 3 is 2.77 bits per heavy atom. The van der Waals surface area contributed by atoms with Crippen LogP contribution in [-0.4, -0.2) is 5.91 Å². The van der Waals surface area contributed by atoms with Crippen molar-refractivity contribution in [1.82, 2.24) is 0 Å². The number of carbonyl (C=O) groups excluding carboxylic acids is 1.